The highest BCUT2D eigenvalue weighted by atomic mass is 79.9. The first-order chi connectivity index (χ1) is 9.45. The number of rotatable bonds is 4. The van der Waals surface area contributed by atoms with Gasteiger partial charge in [0.1, 0.15) is 10.8 Å². The molecule has 5 nitrogen and oxygen atoms in total. The number of benzene rings is 1. The predicted octanol–water partition coefficient (Wildman–Crippen LogP) is 3.46. The van der Waals surface area contributed by atoms with Crippen LogP contribution in [0.25, 0.3) is 0 Å². The smallest absolute Gasteiger partial charge is 0.257 e. The van der Waals surface area contributed by atoms with Gasteiger partial charge in [0.2, 0.25) is 5.13 Å². The summed E-state index contributed by atoms with van der Waals surface area (Å²) in [4.78, 5) is 12.0. The van der Waals surface area contributed by atoms with Gasteiger partial charge in [-0.2, -0.15) is 0 Å². The molecule has 0 radical (unpaired) electrons. The van der Waals surface area contributed by atoms with E-state index in [2.05, 4.69) is 45.3 Å². The molecular formula is C13H14BrN3O2S. The molecule has 0 atom stereocenters. The molecule has 0 aliphatic rings. The van der Waals surface area contributed by atoms with Gasteiger partial charge in [-0.05, 0) is 40.0 Å². The van der Waals surface area contributed by atoms with Gasteiger partial charge in [-0.25, -0.2) is 0 Å². The van der Waals surface area contributed by atoms with Crippen molar-refractivity contribution in [2.45, 2.75) is 20.3 Å². The molecule has 1 heterocycles. The van der Waals surface area contributed by atoms with E-state index in [1.165, 1.54) is 17.4 Å². The lowest BCUT2D eigenvalue weighted by Crippen LogP contribution is -2.11. The van der Waals surface area contributed by atoms with Crippen LogP contribution in [0.5, 0.6) is 5.75 Å². The summed E-state index contributed by atoms with van der Waals surface area (Å²) in [7, 11) is 0. The fourth-order valence-corrected chi connectivity index (χ4v) is 2.75. The zero-order valence-corrected chi connectivity index (χ0v) is 13.5. The fourth-order valence-electron chi connectivity index (χ4n) is 1.56. The van der Waals surface area contributed by atoms with Gasteiger partial charge in [0, 0.05) is 12.0 Å². The molecular weight excluding hydrogens is 342 g/mol. The monoisotopic (exact) mass is 355 g/mol. The van der Waals surface area contributed by atoms with Crippen molar-refractivity contribution >= 4 is 38.3 Å². The highest BCUT2D eigenvalue weighted by molar-refractivity contribution is 9.10. The Balaban J connectivity index is 2.07. The zero-order valence-electron chi connectivity index (χ0n) is 11.1. The minimum Gasteiger partial charge on any atom is -0.507 e. The average Bonchev–Trinajstić information content (AvgIpc) is 2.79. The summed E-state index contributed by atoms with van der Waals surface area (Å²) in [5, 5.41) is 21.6. The molecule has 2 aromatic rings. The number of phenolic OH excluding ortho intramolecular Hbond substituents is 1. The number of amides is 1. The average molecular weight is 356 g/mol. The minimum absolute atomic E-state index is 0.0235. The summed E-state index contributed by atoms with van der Waals surface area (Å²) in [6.45, 7) is 4.20. The summed E-state index contributed by atoms with van der Waals surface area (Å²) < 4.78 is 0.546. The first-order valence-electron chi connectivity index (χ1n) is 6.08. The van der Waals surface area contributed by atoms with Gasteiger partial charge in [0.05, 0.1) is 4.47 Å². The van der Waals surface area contributed by atoms with Crippen LogP contribution in [0.3, 0.4) is 0 Å². The molecule has 106 valence electrons. The molecule has 0 aliphatic heterocycles. The van der Waals surface area contributed by atoms with E-state index < -0.39 is 0 Å². The molecule has 7 heteroatoms. The predicted molar refractivity (Wildman–Crippen MR) is 82.2 cm³/mol. The Labute approximate surface area is 129 Å². The molecule has 0 aliphatic carbocycles. The van der Waals surface area contributed by atoms with Crippen LogP contribution in [0.1, 0.15) is 29.2 Å². The number of nitrogens with one attached hydrogen (secondary N) is 1. The van der Waals surface area contributed by atoms with Gasteiger partial charge in [-0.1, -0.05) is 25.2 Å². The lowest BCUT2D eigenvalue weighted by Gasteiger charge is -2.03. The second-order valence-corrected chi connectivity index (χ2v) is 6.64. The van der Waals surface area contributed by atoms with Gasteiger partial charge < -0.3 is 5.11 Å². The van der Waals surface area contributed by atoms with Crippen molar-refractivity contribution in [2.75, 3.05) is 5.32 Å². The number of aromatic nitrogens is 2. The molecule has 1 aromatic heterocycles. The number of carbonyl (C=O) groups is 1. The molecule has 0 spiro atoms. The highest BCUT2D eigenvalue weighted by Gasteiger charge is 2.12. The largest absolute Gasteiger partial charge is 0.507 e. The summed E-state index contributed by atoms with van der Waals surface area (Å²) in [6, 6.07) is 4.64. The summed E-state index contributed by atoms with van der Waals surface area (Å²) in [5.41, 5.74) is 0.367. The van der Waals surface area contributed by atoms with E-state index in [9.17, 15) is 9.90 Å². The molecule has 0 saturated carbocycles. The Kier molecular flexibility index (Phi) is 4.72. The fraction of sp³-hybridized carbons (Fsp3) is 0.308. The SMILES string of the molecule is CC(C)Cc1nnc(NC(=O)c2ccc(Br)c(O)c2)s1. The topological polar surface area (TPSA) is 75.1 Å². The lowest BCUT2D eigenvalue weighted by molar-refractivity contribution is 0.102. The number of anilines is 1. The van der Waals surface area contributed by atoms with Gasteiger partial charge in [0.15, 0.2) is 0 Å². The van der Waals surface area contributed by atoms with E-state index in [1.807, 2.05) is 0 Å². The van der Waals surface area contributed by atoms with Crippen LogP contribution < -0.4 is 5.32 Å². The molecule has 1 amide bonds. The number of halogens is 1. The van der Waals surface area contributed by atoms with Gasteiger partial charge in [-0.15, -0.1) is 10.2 Å². The summed E-state index contributed by atoms with van der Waals surface area (Å²) in [6.07, 6.45) is 0.840. The van der Waals surface area contributed by atoms with E-state index in [0.29, 0.717) is 21.1 Å². The molecule has 0 bridgehead atoms. The third-order valence-electron chi connectivity index (χ3n) is 2.48. The number of nitrogens with zero attached hydrogens (tertiary/aromatic N) is 2. The molecule has 1 aromatic carbocycles. The van der Waals surface area contributed by atoms with Gasteiger partial charge >= 0.3 is 0 Å². The summed E-state index contributed by atoms with van der Waals surface area (Å²) >= 11 is 4.54. The van der Waals surface area contributed by atoms with Gasteiger partial charge in [0.25, 0.3) is 5.91 Å². The summed E-state index contributed by atoms with van der Waals surface area (Å²) in [5.74, 6) is 0.199. The maximum atomic E-state index is 12.0. The Morgan fingerprint density at radius 2 is 2.20 bits per heavy atom. The van der Waals surface area contributed by atoms with Crippen LogP contribution in [-0.4, -0.2) is 21.2 Å². The molecule has 0 unspecified atom stereocenters. The van der Waals surface area contributed by atoms with Crippen molar-refractivity contribution < 1.29 is 9.90 Å². The Hall–Kier alpha value is -1.47. The third kappa shape index (κ3) is 3.77. The van der Waals surface area contributed by atoms with E-state index in [-0.39, 0.29) is 11.7 Å². The maximum Gasteiger partial charge on any atom is 0.257 e. The lowest BCUT2D eigenvalue weighted by atomic mass is 10.1. The van der Waals surface area contributed by atoms with E-state index in [0.717, 1.165) is 11.4 Å². The van der Waals surface area contributed by atoms with E-state index in [1.54, 1.807) is 12.1 Å². The van der Waals surface area contributed by atoms with Crippen LogP contribution in [-0.2, 0) is 6.42 Å². The minimum atomic E-state index is -0.319. The standard InChI is InChI=1S/C13H14BrN3O2S/c1-7(2)5-11-16-17-13(20-11)15-12(19)8-3-4-9(14)10(18)6-8/h3-4,6-7,18H,5H2,1-2H3,(H,15,17,19). The first kappa shape index (κ1) is 14.9. The number of aromatic hydroxyl groups is 1. The van der Waals surface area contributed by atoms with Crippen LogP contribution >= 0.6 is 27.3 Å². The normalized spacial score (nSPS) is 10.8. The molecule has 20 heavy (non-hydrogen) atoms. The quantitative estimate of drug-likeness (QED) is 0.880. The Morgan fingerprint density at radius 3 is 2.85 bits per heavy atom. The van der Waals surface area contributed by atoms with Crippen molar-refractivity contribution in [1.82, 2.24) is 10.2 Å². The van der Waals surface area contributed by atoms with Crippen molar-refractivity contribution in [3.63, 3.8) is 0 Å². The number of phenols is 1. The van der Waals surface area contributed by atoms with Crippen molar-refractivity contribution in [1.29, 1.82) is 0 Å². The number of carbonyl (C=O) groups excluding carboxylic acids is 1. The van der Waals surface area contributed by atoms with Crippen molar-refractivity contribution in [3.05, 3.63) is 33.2 Å². The molecule has 2 rings (SSSR count). The van der Waals surface area contributed by atoms with Crippen LogP contribution in [0.15, 0.2) is 22.7 Å². The van der Waals surface area contributed by atoms with E-state index in [4.69, 9.17) is 0 Å². The van der Waals surface area contributed by atoms with Crippen molar-refractivity contribution in [3.8, 4) is 5.75 Å². The van der Waals surface area contributed by atoms with Crippen molar-refractivity contribution in [2.24, 2.45) is 5.92 Å². The number of hydrogen-bond acceptors (Lipinski definition) is 5. The second kappa shape index (κ2) is 6.32. The Bertz CT molecular complexity index is 628. The number of hydrogen-bond donors (Lipinski definition) is 2. The van der Waals surface area contributed by atoms with Crippen LogP contribution in [0, 0.1) is 5.92 Å². The molecule has 2 N–H and O–H groups in total. The zero-order chi connectivity index (χ0) is 14.7. The Morgan fingerprint density at radius 1 is 1.45 bits per heavy atom. The van der Waals surface area contributed by atoms with Crippen LogP contribution in [0.4, 0.5) is 5.13 Å². The molecule has 0 fully saturated rings. The third-order valence-corrected chi connectivity index (χ3v) is 4.01. The highest BCUT2D eigenvalue weighted by Crippen LogP contribution is 2.25. The molecule has 0 saturated heterocycles. The van der Waals surface area contributed by atoms with Crippen LogP contribution in [0.2, 0.25) is 0 Å². The van der Waals surface area contributed by atoms with E-state index >= 15 is 0 Å². The van der Waals surface area contributed by atoms with Gasteiger partial charge in [-0.3, -0.25) is 10.1 Å². The first-order valence-corrected chi connectivity index (χ1v) is 7.69. The maximum absolute atomic E-state index is 12.0. The second-order valence-electron chi connectivity index (χ2n) is 4.72.